The van der Waals surface area contributed by atoms with Gasteiger partial charge in [0.1, 0.15) is 6.10 Å². The smallest absolute Gasteiger partial charge is 0.414 e. The monoisotopic (exact) mass is 347 g/mol. The number of anilines is 2. The number of cyclic esters (lactones) is 1. The maximum atomic E-state index is 12.2. The molecule has 0 radical (unpaired) electrons. The molecule has 0 bridgehead atoms. The first-order chi connectivity index (χ1) is 11.9. The Bertz CT molecular complexity index is 718. The molecule has 0 aromatic heterocycles. The first-order valence-electron chi connectivity index (χ1n) is 8.15. The number of carbonyl (C=O) groups excluding carboxylic acids is 3. The van der Waals surface area contributed by atoms with Crippen LogP contribution in [-0.2, 0) is 20.7 Å². The first-order valence-corrected chi connectivity index (χ1v) is 8.15. The molecule has 3 amide bonds. The molecule has 1 aromatic rings. The van der Waals surface area contributed by atoms with E-state index in [0.29, 0.717) is 18.7 Å². The third-order valence-electron chi connectivity index (χ3n) is 4.29. The maximum Gasteiger partial charge on any atom is 0.414 e. The number of nitrogens with zero attached hydrogens (tertiary/aromatic N) is 2. The van der Waals surface area contributed by atoms with Gasteiger partial charge in [-0.1, -0.05) is 0 Å². The number of ether oxygens (including phenoxy) is 2. The highest BCUT2D eigenvalue weighted by Gasteiger charge is 2.35. The van der Waals surface area contributed by atoms with Gasteiger partial charge < -0.3 is 19.7 Å². The molecule has 25 heavy (non-hydrogen) atoms. The quantitative estimate of drug-likeness (QED) is 0.895. The Balaban J connectivity index is 1.73. The molecule has 134 valence electrons. The van der Waals surface area contributed by atoms with E-state index in [9.17, 15) is 14.4 Å². The minimum absolute atomic E-state index is 0.0614. The number of methoxy groups -OCH3 is 1. The summed E-state index contributed by atoms with van der Waals surface area (Å²) >= 11 is 0. The highest BCUT2D eigenvalue weighted by Crippen LogP contribution is 2.34. The number of nitrogens with one attached hydrogen (secondary N) is 1. The Morgan fingerprint density at radius 3 is 2.84 bits per heavy atom. The molecule has 2 aliphatic rings. The SMILES string of the molecule is COC(=O)NC[C@H]1CN(c2ccc3c(c2)CC(=O)N3C(C)C)C(=O)O1. The summed E-state index contributed by atoms with van der Waals surface area (Å²) in [7, 11) is 1.27. The average molecular weight is 347 g/mol. The fraction of sp³-hybridized carbons (Fsp3) is 0.471. The van der Waals surface area contributed by atoms with Crippen molar-refractivity contribution in [3.8, 4) is 0 Å². The van der Waals surface area contributed by atoms with Crippen LogP contribution in [0.15, 0.2) is 18.2 Å². The standard InChI is InChI=1S/C17H21N3O5/c1-10(2)20-14-5-4-12(6-11(14)7-15(20)21)19-9-13(25-17(19)23)8-18-16(22)24-3/h4-6,10,13H,7-9H2,1-3H3,(H,18,22)/t13-/m0/s1. The van der Waals surface area contributed by atoms with Crippen molar-refractivity contribution in [1.82, 2.24) is 5.32 Å². The van der Waals surface area contributed by atoms with Crippen molar-refractivity contribution in [2.24, 2.45) is 0 Å². The van der Waals surface area contributed by atoms with E-state index in [1.54, 1.807) is 4.90 Å². The van der Waals surface area contributed by atoms with Crippen LogP contribution in [0.5, 0.6) is 0 Å². The van der Waals surface area contributed by atoms with Gasteiger partial charge in [-0.05, 0) is 37.6 Å². The van der Waals surface area contributed by atoms with Gasteiger partial charge in [0.25, 0.3) is 0 Å². The lowest BCUT2D eigenvalue weighted by Crippen LogP contribution is -2.34. The zero-order valence-electron chi connectivity index (χ0n) is 14.4. The van der Waals surface area contributed by atoms with Crippen LogP contribution in [0, 0.1) is 0 Å². The maximum absolute atomic E-state index is 12.2. The second-order valence-electron chi connectivity index (χ2n) is 6.34. The highest BCUT2D eigenvalue weighted by atomic mass is 16.6. The molecule has 8 nitrogen and oxygen atoms in total. The van der Waals surface area contributed by atoms with Gasteiger partial charge in [0.05, 0.1) is 26.6 Å². The molecule has 3 rings (SSSR count). The molecule has 1 aromatic carbocycles. The third kappa shape index (κ3) is 3.24. The zero-order chi connectivity index (χ0) is 18.1. The van der Waals surface area contributed by atoms with Gasteiger partial charge >= 0.3 is 12.2 Å². The molecule has 1 saturated heterocycles. The van der Waals surface area contributed by atoms with Crippen LogP contribution in [0.4, 0.5) is 21.0 Å². The highest BCUT2D eigenvalue weighted by molar-refractivity contribution is 6.02. The van der Waals surface area contributed by atoms with Crippen molar-refractivity contribution in [2.45, 2.75) is 32.4 Å². The summed E-state index contributed by atoms with van der Waals surface area (Å²) in [5.41, 5.74) is 2.48. The van der Waals surface area contributed by atoms with Crippen LogP contribution >= 0.6 is 0 Å². The molecule has 1 N–H and O–H groups in total. The van der Waals surface area contributed by atoms with Crippen molar-refractivity contribution in [3.05, 3.63) is 23.8 Å². The molecular weight excluding hydrogens is 326 g/mol. The van der Waals surface area contributed by atoms with Crippen LogP contribution in [-0.4, -0.2) is 50.4 Å². The Kier molecular flexibility index (Phi) is 4.52. The number of benzene rings is 1. The second-order valence-corrected chi connectivity index (χ2v) is 6.34. The van der Waals surface area contributed by atoms with Gasteiger partial charge in [0.2, 0.25) is 5.91 Å². The second kappa shape index (κ2) is 6.62. The van der Waals surface area contributed by atoms with E-state index in [1.165, 1.54) is 12.0 Å². The lowest BCUT2D eigenvalue weighted by atomic mass is 10.1. The number of alkyl carbamates (subject to hydrolysis) is 1. The van der Waals surface area contributed by atoms with Crippen LogP contribution in [0.25, 0.3) is 0 Å². The molecule has 2 heterocycles. The largest absolute Gasteiger partial charge is 0.453 e. The molecule has 0 saturated carbocycles. The molecule has 8 heteroatoms. The van der Waals surface area contributed by atoms with Crippen LogP contribution in [0.3, 0.4) is 0 Å². The summed E-state index contributed by atoms with van der Waals surface area (Å²) < 4.78 is 9.76. The Morgan fingerprint density at radius 2 is 2.16 bits per heavy atom. The number of hydrogen-bond donors (Lipinski definition) is 1. The number of rotatable bonds is 4. The predicted molar refractivity (Wildman–Crippen MR) is 90.8 cm³/mol. The van der Waals surface area contributed by atoms with E-state index in [4.69, 9.17) is 4.74 Å². The van der Waals surface area contributed by atoms with Crippen LogP contribution in [0.2, 0.25) is 0 Å². The number of fused-ring (bicyclic) bond motifs is 1. The van der Waals surface area contributed by atoms with Gasteiger partial charge in [-0.2, -0.15) is 0 Å². The Morgan fingerprint density at radius 1 is 1.40 bits per heavy atom. The lowest BCUT2D eigenvalue weighted by Gasteiger charge is -2.22. The summed E-state index contributed by atoms with van der Waals surface area (Å²) in [4.78, 5) is 38.7. The van der Waals surface area contributed by atoms with Crippen molar-refractivity contribution in [3.63, 3.8) is 0 Å². The minimum atomic E-state index is -0.570. The van der Waals surface area contributed by atoms with Gasteiger partial charge in [-0.15, -0.1) is 0 Å². The molecule has 2 aliphatic heterocycles. The molecule has 1 fully saturated rings. The van der Waals surface area contributed by atoms with Gasteiger partial charge in [-0.3, -0.25) is 9.69 Å². The van der Waals surface area contributed by atoms with E-state index in [2.05, 4.69) is 10.1 Å². The van der Waals surface area contributed by atoms with E-state index in [1.807, 2.05) is 32.0 Å². The van der Waals surface area contributed by atoms with E-state index in [-0.39, 0.29) is 18.5 Å². The normalized spacial score (nSPS) is 19.3. The van der Waals surface area contributed by atoms with Crippen molar-refractivity contribution in [1.29, 1.82) is 0 Å². The summed E-state index contributed by atoms with van der Waals surface area (Å²) in [5.74, 6) is 0.0614. The molecule has 0 aliphatic carbocycles. The topological polar surface area (TPSA) is 88.2 Å². The van der Waals surface area contributed by atoms with Crippen molar-refractivity contribution in [2.75, 3.05) is 30.0 Å². The Labute approximate surface area is 145 Å². The summed E-state index contributed by atoms with van der Waals surface area (Å²) in [6.45, 7) is 4.44. The fourth-order valence-corrected chi connectivity index (χ4v) is 3.17. The number of amides is 3. The van der Waals surface area contributed by atoms with E-state index >= 15 is 0 Å². The van der Waals surface area contributed by atoms with Gasteiger partial charge in [-0.25, -0.2) is 9.59 Å². The first kappa shape index (κ1) is 17.1. The summed E-state index contributed by atoms with van der Waals surface area (Å²) in [6, 6.07) is 5.62. The predicted octanol–water partition coefficient (Wildman–Crippen LogP) is 1.67. The molecular formula is C17H21N3O5. The fourth-order valence-electron chi connectivity index (χ4n) is 3.17. The average Bonchev–Trinajstić information content (AvgIpc) is 3.10. The summed E-state index contributed by atoms with van der Waals surface area (Å²) in [6.07, 6.45) is -1.16. The summed E-state index contributed by atoms with van der Waals surface area (Å²) in [5, 5.41) is 2.52. The third-order valence-corrected chi connectivity index (χ3v) is 4.29. The number of hydrogen-bond acceptors (Lipinski definition) is 5. The van der Waals surface area contributed by atoms with Crippen molar-refractivity contribution < 1.29 is 23.9 Å². The lowest BCUT2D eigenvalue weighted by molar-refractivity contribution is -0.117. The van der Waals surface area contributed by atoms with Gasteiger partial charge in [0.15, 0.2) is 0 Å². The Hall–Kier alpha value is -2.77. The van der Waals surface area contributed by atoms with Crippen LogP contribution in [0.1, 0.15) is 19.4 Å². The van der Waals surface area contributed by atoms with E-state index in [0.717, 1.165) is 11.3 Å². The molecule has 1 atom stereocenters. The van der Waals surface area contributed by atoms with Crippen molar-refractivity contribution >= 4 is 29.5 Å². The van der Waals surface area contributed by atoms with Gasteiger partial charge in [0, 0.05) is 17.4 Å². The molecule has 0 spiro atoms. The number of carbonyl (C=O) groups is 3. The van der Waals surface area contributed by atoms with Crippen LogP contribution < -0.4 is 15.1 Å². The minimum Gasteiger partial charge on any atom is -0.453 e. The zero-order valence-corrected chi connectivity index (χ0v) is 14.4. The molecule has 0 unspecified atom stereocenters. The van der Waals surface area contributed by atoms with E-state index < -0.39 is 18.3 Å².